The summed E-state index contributed by atoms with van der Waals surface area (Å²) in [5.41, 5.74) is 2.56. The summed E-state index contributed by atoms with van der Waals surface area (Å²) < 4.78 is 0. The predicted octanol–water partition coefficient (Wildman–Crippen LogP) is 2.64. The maximum atomic E-state index is 13.7. The van der Waals surface area contributed by atoms with Crippen LogP contribution in [0.4, 0.5) is 0 Å². The van der Waals surface area contributed by atoms with Crippen molar-refractivity contribution in [2.24, 2.45) is 11.1 Å². The van der Waals surface area contributed by atoms with Gasteiger partial charge in [-0.05, 0) is 52.4 Å². The summed E-state index contributed by atoms with van der Waals surface area (Å²) in [5.74, 6) is -0.858. The number of rotatable bonds is 6. The van der Waals surface area contributed by atoms with E-state index in [1.165, 1.54) is 0 Å². The van der Waals surface area contributed by atoms with E-state index in [0.717, 1.165) is 44.9 Å². The van der Waals surface area contributed by atoms with E-state index in [-0.39, 0.29) is 5.91 Å². The monoisotopic (exact) mass is 394 g/mol. The molecule has 0 bridgehead atoms. The highest BCUT2D eigenvalue weighted by atomic mass is 16.3. The van der Waals surface area contributed by atoms with Gasteiger partial charge in [-0.3, -0.25) is 9.59 Å². The Balaban J connectivity index is 1.95. The molecule has 0 unspecified atom stereocenters. The van der Waals surface area contributed by atoms with Crippen molar-refractivity contribution in [1.82, 2.24) is 4.90 Å². The van der Waals surface area contributed by atoms with Gasteiger partial charge >= 0.3 is 0 Å². The number of hydrogen-bond acceptors (Lipinski definition) is 4. The fraction of sp³-hybridized carbons (Fsp3) is 0.909. The molecule has 3 saturated carbocycles. The molecule has 6 heteroatoms. The first-order chi connectivity index (χ1) is 13.2. The van der Waals surface area contributed by atoms with Crippen LogP contribution >= 0.6 is 0 Å². The number of nitrogens with two attached hydrogens (primary N) is 1. The van der Waals surface area contributed by atoms with Crippen molar-refractivity contribution >= 4 is 11.8 Å². The fourth-order valence-electron chi connectivity index (χ4n) is 5.71. The molecule has 2 atom stereocenters. The first kappa shape index (κ1) is 21.6. The molecule has 0 aromatic carbocycles. The molecule has 0 spiro atoms. The molecule has 0 saturated heterocycles. The van der Waals surface area contributed by atoms with Gasteiger partial charge in [-0.25, -0.2) is 0 Å². The SMILES string of the molecule is C[C@@H](N(C(=O)C1(C(N)=O)CCC1)[C@H](C)C1(O)CCCCC1)C1(O)CCCCC1. The summed E-state index contributed by atoms with van der Waals surface area (Å²) in [7, 11) is 0. The van der Waals surface area contributed by atoms with Crippen LogP contribution in [0.5, 0.6) is 0 Å². The van der Waals surface area contributed by atoms with Gasteiger partial charge in [0.05, 0.1) is 23.3 Å². The van der Waals surface area contributed by atoms with Crippen LogP contribution in [0.1, 0.15) is 97.3 Å². The lowest BCUT2D eigenvalue weighted by Gasteiger charge is -2.53. The molecular formula is C22H38N2O4. The second-order valence-electron chi connectivity index (χ2n) is 9.69. The van der Waals surface area contributed by atoms with Gasteiger partial charge in [0, 0.05) is 0 Å². The van der Waals surface area contributed by atoms with Crippen LogP contribution in [0.2, 0.25) is 0 Å². The third-order valence-electron chi connectivity index (χ3n) is 8.15. The number of hydrogen-bond donors (Lipinski definition) is 3. The quantitative estimate of drug-likeness (QED) is 0.602. The summed E-state index contributed by atoms with van der Waals surface area (Å²) in [6.45, 7) is 3.78. The Labute approximate surface area is 168 Å². The van der Waals surface area contributed by atoms with Gasteiger partial charge in [-0.2, -0.15) is 0 Å². The zero-order chi connectivity index (χ0) is 20.6. The van der Waals surface area contributed by atoms with Gasteiger partial charge in [-0.1, -0.05) is 44.9 Å². The molecule has 6 nitrogen and oxygen atoms in total. The maximum absolute atomic E-state index is 13.7. The summed E-state index contributed by atoms with van der Waals surface area (Å²) in [4.78, 5) is 27.7. The normalized spacial score (nSPS) is 27.9. The summed E-state index contributed by atoms with van der Waals surface area (Å²) in [6, 6.07) is -0.920. The van der Waals surface area contributed by atoms with E-state index in [0.29, 0.717) is 38.5 Å². The molecule has 3 rings (SSSR count). The van der Waals surface area contributed by atoms with E-state index in [1.54, 1.807) is 4.90 Å². The molecular weight excluding hydrogens is 356 g/mol. The van der Waals surface area contributed by atoms with Gasteiger partial charge in [0.1, 0.15) is 5.41 Å². The Bertz CT molecular complexity index is 559. The minimum Gasteiger partial charge on any atom is -0.388 e. The lowest BCUT2D eigenvalue weighted by molar-refractivity contribution is -0.177. The zero-order valence-electron chi connectivity index (χ0n) is 17.6. The third kappa shape index (κ3) is 3.58. The molecule has 0 aromatic rings. The van der Waals surface area contributed by atoms with Crippen molar-refractivity contribution < 1.29 is 19.8 Å². The number of carbonyl (C=O) groups is 2. The fourth-order valence-corrected chi connectivity index (χ4v) is 5.71. The van der Waals surface area contributed by atoms with Crippen LogP contribution in [0, 0.1) is 5.41 Å². The van der Waals surface area contributed by atoms with Gasteiger partial charge in [-0.15, -0.1) is 0 Å². The Morgan fingerprint density at radius 3 is 1.43 bits per heavy atom. The highest BCUT2D eigenvalue weighted by molar-refractivity contribution is 6.05. The van der Waals surface area contributed by atoms with E-state index in [2.05, 4.69) is 0 Å². The van der Waals surface area contributed by atoms with E-state index < -0.39 is 34.6 Å². The predicted molar refractivity (Wildman–Crippen MR) is 107 cm³/mol. The van der Waals surface area contributed by atoms with Crippen molar-refractivity contribution in [2.75, 3.05) is 0 Å². The first-order valence-electron chi connectivity index (χ1n) is 11.2. The second kappa shape index (κ2) is 7.94. The van der Waals surface area contributed by atoms with Crippen molar-refractivity contribution in [3.63, 3.8) is 0 Å². The standard InChI is InChI=1S/C22H38N2O4/c1-16(21(27)12-5-3-6-13-21)24(17(2)22(28)14-7-4-8-15-22)19(26)20(18(23)25)10-9-11-20/h16-17,27-28H,3-15H2,1-2H3,(H2,23,25)/t16-,17-/m1/s1. The average molecular weight is 395 g/mol. The molecule has 3 aliphatic carbocycles. The molecule has 0 aromatic heterocycles. The van der Waals surface area contributed by atoms with Gasteiger partial charge in [0.25, 0.3) is 0 Å². The number of aliphatic hydroxyl groups is 2. The Morgan fingerprint density at radius 2 is 1.14 bits per heavy atom. The van der Waals surface area contributed by atoms with Gasteiger partial charge < -0.3 is 20.8 Å². The number of nitrogens with zero attached hydrogens (tertiary/aromatic N) is 1. The van der Waals surface area contributed by atoms with Gasteiger partial charge in [0.2, 0.25) is 11.8 Å². The van der Waals surface area contributed by atoms with Crippen molar-refractivity contribution in [3.8, 4) is 0 Å². The molecule has 4 N–H and O–H groups in total. The van der Waals surface area contributed by atoms with Crippen LogP contribution in [0.15, 0.2) is 0 Å². The largest absolute Gasteiger partial charge is 0.388 e. The van der Waals surface area contributed by atoms with Crippen LogP contribution < -0.4 is 5.73 Å². The van der Waals surface area contributed by atoms with Gasteiger partial charge in [0.15, 0.2) is 0 Å². The van der Waals surface area contributed by atoms with E-state index >= 15 is 0 Å². The molecule has 160 valence electrons. The highest BCUT2D eigenvalue weighted by Crippen LogP contribution is 2.46. The molecule has 3 aliphatic rings. The zero-order valence-corrected chi connectivity index (χ0v) is 17.6. The summed E-state index contributed by atoms with van der Waals surface area (Å²) in [5, 5.41) is 22.8. The Hall–Kier alpha value is -1.14. The lowest BCUT2D eigenvalue weighted by Crippen LogP contribution is -2.67. The molecule has 2 amide bonds. The topological polar surface area (TPSA) is 104 Å². The van der Waals surface area contributed by atoms with Crippen LogP contribution in [-0.4, -0.2) is 50.2 Å². The molecule has 28 heavy (non-hydrogen) atoms. The Kier molecular flexibility index (Phi) is 6.12. The smallest absolute Gasteiger partial charge is 0.238 e. The number of amides is 2. The highest BCUT2D eigenvalue weighted by Gasteiger charge is 2.56. The minimum atomic E-state index is -1.17. The molecule has 3 fully saturated rings. The van der Waals surface area contributed by atoms with Crippen LogP contribution in [-0.2, 0) is 9.59 Å². The van der Waals surface area contributed by atoms with Crippen LogP contribution in [0.3, 0.4) is 0 Å². The summed E-state index contributed by atoms with van der Waals surface area (Å²) >= 11 is 0. The molecule has 0 heterocycles. The lowest BCUT2D eigenvalue weighted by atomic mass is 9.65. The van der Waals surface area contributed by atoms with E-state index in [4.69, 9.17) is 5.73 Å². The molecule has 0 radical (unpaired) electrons. The minimum absolute atomic E-state index is 0.288. The first-order valence-corrected chi connectivity index (χ1v) is 11.2. The summed E-state index contributed by atoms with van der Waals surface area (Å²) in [6.07, 6.45) is 10.2. The van der Waals surface area contributed by atoms with E-state index in [9.17, 15) is 19.8 Å². The van der Waals surface area contributed by atoms with Crippen molar-refractivity contribution in [2.45, 2.75) is 121 Å². The van der Waals surface area contributed by atoms with Crippen molar-refractivity contribution in [1.29, 1.82) is 0 Å². The van der Waals surface area contributed by atoms with E-state index in [1.807, 2.05) is 13.8 Å². The number of primary amides is 1. The maximum Gasteiger partial charge on any atom is 0.238 e. The second-order valence-corrected chi connectivity index (χ2v) is 9.69. The Morgan fingerprint density at radius 1 is 0.750 bits per heavy atom. The van der Waals surface area contributed by atoms with Crippen molar-refractivity contribution in [3.05, 3.63) is 0 Å². The molecule has 0 aliphatic heterocycles. The average Bonchev–Trinajstić information content (AvgIpc) is 2.61. The number of carbonyl (C=O) groups excluding carboxylic acids is 2. The van der Waals surface area contributed by atoms with Crippen LogP contribution in [0.25, 0.3) is 0 Å². The third-order valence-corrected chi connectivity index (χ3v) is 8.15.